The van der Waals surface area contributed by atoms with Gasteiger partial charge in [0.1, 0.15) is 0 Å². The number of halogens is 1. The molecule has 0 bridgehead atoms. The molecule has 0 radical (unpaired) electrons. The quantitative estimate of drug-likeness (QED) is 0.775. The molecule has 3 nitrogen and oxygen atoms in total. The lowest BCUT2D eigenvalue weighted by Gasteiger charge is -2.04. The highest BCUT2D eigenvalue weighted by Gasteiger charge is 2.13. The Kier molecular flexibility index (Phi) is 6.54. The van der Waals surface area contributed by atoms with Gasteiger partial charge in [-0.15, -0.1) is 0 Å². The number of rotatable bonds is 7. The number of benzene rings is 1. The standard InChI is InChI=1S/C11H15BrO3S2/c12-10-2-4-11(5-3-10)17(14,15)9-8-16-7-1-6-13/h2-5,13H,1,6-9H2. The van der Waals surface area contributed by atoms with Crippen LogP contribution in [-0.2, 0) is 9.84 Å². The average Bonchev–Trinajstić information content (AvgIpc) is 2.29. The Morgan fingerprint density at radius 3 is 2.41 bits per heavy atom. The molecule has 0 aliphatic heterocycles. The second-order valence-corrected chi connectivity index (χ2v) is 7.71. The van der Waals surface area contributed by atoms with Gasteiger partial charge < -0.3 is 5.11 Å². The maximum Gasteiger partial charge on any atom is 0.179 e. The Morgan fingerprint density at radius 1 is 1.18 bits per heavy atom. The summed E-state index contributed by atoms with van der Waals surface area (Å²) in [6.45, 7) is 0.159. The Labute approximate surface area is 115 Å². The van der Waals surface area contributed by atoms with E-state index in [1.165, 1.54) is 0 Å². The molecule has 0 saturated heterocycles. The van der Waals surface area contributed by atoms with Crippen molar-refractivity contribution in [3.8, 4) is 0 Å². The predicted octanol–water partition coefficient (Wildman–Crippen LogP) is 2.34. The molecule has 1 rings (SSSR count). The molecule has 1 aromatic carbocycles. The van der Waals surface area contributed by atoms with Crippen molar-refractivity contribution in [2.24, 2.45) is 0 Å². The number of hydrogen-bond donors (Lipinski definition) is 1. The molecule has 0 saturated carbocycles. The summed E-state index contributed by atoms with van der Waals surface area (Å²) >= 11 is 4.82. The summed E-state index contributed by atoms with van der Waals surface area (Å²) in [4.78, 5) is 0.364. The minimum Gasteiger partial charge on any atom is -0.396 e. The van der Waals surface area contributed by atoms with Crippen LogP contribution in [0.15, 0.2) is 33.6 Å². The fourth-order valence-corrected chi connectivity index (χ4v) is 4.13. The highest BCUT2D eigenvalue weighted by Crippen LogP contribution is 2.17. The molecule has 0 amide bonds. The molecule has 0 heterocycles. The van der Waals surface area contributed by atoms with Crippen LogP contribution >= 0.6 is 27.7 Å². The lowest BCUT2D eigenvalue weighted by Crippen LogP contribution is -2.09. The molecule has 0 unspecified atom stereocenters. The zero-order valence-corrected chi connectivity index (χ0v) is 12.5. The zero-order chi connectivity index (χ0) is 12.7. The van der Waals surface area contributed by atoms with Gasteiger partial charge in [-0.05, 0) is 36.4 Å². The van der Waals surface area contributed by atoms with E-state index in [9.17, 15) is 8.42 Å². The van der Waals surface area contributed by atoms with E-state index in [0.29, 0.717) is 17.1 Å². The van der Waals surface area contributed by atoms with Gasteiger partial charge in [0.25, 0.3) is 0 Å². The third-order valence-corrected chi connectivity index (χ3v) is 5.71. The van der Waals surface area contributed by atoms with E-state index in [1.54, 1.807) is 36.0 Å². The normalized spacial score (nSPS) is 11.6. The van der Waals surface area contributed by atoms with Crippen molar-refractivity contribution < 1.29 is 13.5 Å². The van der Waals surface area contributed by atoms with Crippen molar-refractivity contribution in [2.45, 2.75) is 11.3 Å². The summed E-state index contributed by atoms with van der Waals surface area (Å²) in [6.07, 6.45) is 0.711. The van der Waals surface area contributed by atoms with Crippen LogP contribution in [0.25, 0.3) is 0 Å². The third kappa shape index (κ3) is 5.42. The number of aliphatic hydroxyl groups excluding tert-OH is 1. The molecule has 1 N–H and O–H groups in total. The average molecular weight is 339 g/mol. The molecule has 0 atom stereocenters. The Balaban J connectivity index is 2.48. The van der Waals surface area contributed by atoms with Crippen LogP contribution in [0.4, 0.5) is 0 Å². The molecule has 0 fully saturated rings. The van der Waals surface area contributed by atoms with Gasteiger partial charge in [0.2, 0.25) is 0 Å². The Morgan fingerprint density at radius 2 is 1.82 bits per heavy atom. The fraction of sp³-hybridized carbons (Fsp3) is 0.455. The SMILES string of the molecule is O=S(=O)(CCSCCCO)c1ccc(Br)cc1. The van der Waals surface area contributed by atoms with Gasteiger partial charge in [-0.25, -0.2) is 8.42 Å². The van der Waals surface area contributed by atoms with Crippen LogP contribution in [0.5, 0.6) is 0 Å². The third-order valence-electron chi connectivity index (χ3n) is 2.12. The fourth-order valence-electron chi connectivity index (χ4n) is 1.20. The first-order chi connectivity index (χ1) is 8.06. The smallest absolute Gasteiger partial charge is 0.179 e. The second-order valence-electron chi connectivity index (χ2n) is 3.46. The van der Waals surface area contributed by atoms with Crippen molar-refractivity contribution in [1.29, 1.82) is 0 Å². The number of aliphatic hydroxyl groups is 1. The minimum absolute atomic E-state index is 0.144. The molecular weight excluding hydrogens is 324 g/mol. The van der Waals surface area contributed by atoms with Gasteiger partial charge in [-0.2, -0.15) is 11.8 Å². The van der Waals surface area contributed by atoms with Gasteiger partial charge in [0.15, 0.2) is 9.84 Å². The monoisotopic (exact) mass is 338 g/mol. The first kappa shape index (κ1) is 15.0. The van der Waals surface area contributed by atoms with Crippen LogP contribution in [0, 0.1) is 0 Å². The van der Waals surface area contributed by atoms with E-state index in [1.807, 2.05) is 0 Å². The molecule has 1 aromatic rings. The maximum atomic E-state index is 11.9. The molecule has 17 heavy (non-hydrogen) atoms. The highest BCUT2D eigenvalue weighted by atomic mass is 79.9. The first-order valence-electron chi connectivity index (χ1n) is 5.23. The predicted molar refractivity (Wildman–Crippen MR) is 75.2 cm³/mol. The summed E-state index contributed by atoms with van der Waals surface area (Å²) in [6, 6.07) is 6.67. The maximum absolute atomic E-state index is 11.9. The van der Waals surface area contributed by atoms with Gasteiger partial charge >= 0.3 is 0 Å². The lowest BCUT2D eigenvalue weighted by molar-refractivity contribution is 0.296. The zero-order valence-electron chi connectivity index (χ0n) is 9.30. The molecule has 6 heteroatoms. The molecule has 0 aromatic heterocycles. The van der Waals surface area contributed by atoms with Crippen molar-refractivity contribution in [3.63, 3.8) is 0 Å². The van der Waals surface area contributed by atoms with E-state index < -0.39 is 9.84 Å². The first-order valence-corrected chi connectivity index (χ1v) is 8.83. The van der Waals surface area contributed by atoms with Gasteiger partial charge in [-0.1, -0.05) is 15.9 Å². The van der Waals surface area contributed by atoms with E-state index >= 15 is 0 Å². The molecule has 96 valence electrons. The summed E-state index contributed by atoms with van der Waals surface area (Å²) in [5, 5.41) is 8.59. The van der Waals surface area contributed by atoms with Crippen molar-refractivity contribution in [3.05, 3.63) is 28.7 Å². The Bertz CT molecular complexity index is 429. The number of sulfone groups is 1. The second kappa shape index (κ2) is 7.41. The number of thioether (sulfide) groups is 1. The van der Waals surface area contributed by atoms with E-state index in [2.05, 4.69) is 15.9 Å². The van der Waals surface area contributed by atoms with E-state index in [-0.39, 0.29) is 12.4 Å². The molecular formula is C11H15BrO3S2. The van der Waals surface area contributed by atoms with Crippen molar-refractivity contribution in [1.82, 2.24) is 0 Å². The molecule has 0 spiro atoms. The van der Waals surface area contributed by atoms with E-state index in [4.69, 9.17) is 5.11 Å². The molecule has 0 aliphatic carbocycles. The summed E-state index contributed by atoms with van der Waals surface area (Å²) in [7, 11) is -3.17. The van der Waals surface area contributed by atoms with Gasteiger partial charge in [-0.3, -0.25) is 0 Å². The van der Waals surface area contributed by atoms with Crippen molar-refractivity contribution >= 4 is 37.5 Å². The molecule has 0 aliphatic rings. The van der Waals surface area contributed by atoms with Gasteiger partial charge in [0.05, 0.1) is 10.6 Å². The largest absolute Gasteiger partial charge is 0.396 e. The Hall–Kier alpha value is -0.0400. The van der Waals surface area contributed by atoms with Gasteiger partial charge in [0, 0.05) is 16.8 Å². The summed E-state index contributed by atoms with van der Waals surface area (Å²) in [5.74, 6) is 1.51. The highest BCUT2D eigenvalue weighted by molar-refractivity contribution is 9.10. The lowest BCUT2D eigenvalue weighted by atomic mass is 10.4. The van der Waals surface area contributed by atoms with Crippen LogP contribution < -0.4 is 0 Å². The topological polar surface area (TPSA) is 54.4 Å². The van der Waals surface area contributed by atoms with Crippen molar-refractivity contribution in [2.75, 3.05) is 23.9 Å². The van der Waals surface area contributed by atoms with Crippen LogP contribution in [0.3, 0.4) is 0 Å². The minimum atomic E-state index is -3.17. The summed E-state index contributed by atoms with van der Waals surface area (Å²) in [5.41, 5.74) is 0. The van der Waals surface area contributed by atoms with Crippen LogP contribution in [0.1, 0.15) is 6.42 Å². The summed E-state index contributed by atoms with van der Waals surface area (Å²) < 4.78 is 24.7. The number of hydrogen-bond acceptors (Lipinski definition) is 4. The van der Waals surface area contributed by atoms with Crippen LogP contribution in [-0.4, -0.2) is 37.4 Å². The van der Waals surface area contributed by atoms with E-state index in [0.717, 1.165) is 10.2 Å². The van der Waals surface area contributed by atoms with Crippen LogP contribution in [0.2, 0.25) is 0 Å².